The maximum absolute atomic E-state index is 2.45. The molecule has 0 heteroatoms. The van der Waals surface area contributed by atoms with Crippen LogP contribution < -0.4 is 0 Å². The van der Waals surface area contributed by atoms with Crippen molar-refractivity contribution in [3.63, 3.8) is 0 Å². The van der Waals surface area contributed by atoms with E-state index in [-0.39, 0.29) is 0 Å². The SMILES string of the molecule is CC1C=C2CC2C1C. The van der Waals surface area contributed by atoms with Gasteiger partial charge in [-0.05, 0) is 24.2 Å². The first-order chi connectivity index (χ1) is 3.79. The summed E-state index contributed by atoms with van der Waals surface area (Å²) in [4.78, 5) is 0. The number of allylic oxidation sites excluding steroid dienone is 2. The molecular formula is C8H12. The smallest absolute Gasteiger partial charge is 0.0134 e. The highest BCUT2D eigenvalue weighted by molar-refractivity contribution is 5.31. The topological polar surface area (TPSA) is 0 Å². The van der Waals surface area contributed by atoms with Crippen LogP contribution >= 0.6 is 0 Å². The molecule has 0 aromatic carbocycles. The number of rotatable bonds is 0. The van der Waals surface area contributed by atoms with Gasteiger partial charge in [-0.25, -0.2) is 0 Å². The zero-order chi connectivity index (χ0) is 5.72. The number of hydrogen-bond acceptors (Lipinski definition) is 0. The predicted molar refractivity (Wildman–Crippen MR) is 34.5 cm³/mol. The second-order valence-corrected chi connectivity index (χ2v) is 3.27. The molecule has 0 heterocycles. The summed E-state index contributed by atoms with van der Waals surface area (Å²) in [6.45, 7) is 4.69. The normalized spacial score (nSPS) is 50.8. The molecule has 44 valence electrons. The summed E-state index contributed by atoms with van der Waals surface area (Å²) < 4.78 is 0. The molecule has 8 heavy (non-hydrogen) atoms. The first-order valence-electron chi connectivity index (χ1n) is 3.49. The lowest BCUT2D eigenvalue weighted by atomic mass is 9.96. The summed E-state index contributed by atoms with van der Waals surface area (Å²) >= 11 is 0. The molecule has 2 aliphatic rings. The molecule has 0 saturated heterocycles. The second kappa shape index (κ2) is 1.18. The van der Waals surface area contributed by atoms with Gasteiger partial charge in [-0.3, -0.25) is 0 Å². The average Bonchev–Trinajstić information content (AvgIpc) is 2.39. The van der Waals surface area contributed by atoms with Crippen molar-refractivity contribution in [2.24, 2.45) is 17.8 Å². The van der Waals surface area contributed by atoms with Gasteiger partial charge in [-0.2, -0.15) is 0 Å². The van der Waals surface area contributed by atoms with Crippen molar-refractivity contribution in [3.05, 3.63) is 11.6 Å². The third-order valence-corrected chi connectivity index (χ3v) is 2.71. The molecule has 3 unspecified atom stereocenters. The summed E-state index contributed by atoms with van der Waals surface area (Å²) in [7, 11) is 0. The molecular weight excluding hydrogens is 96.1 g/mol. The van der Waals surface area contributed by atoms with Crippen LogP contribution in [0, 0.1) is 17.8 Å². The van der Waals surface area contributed by atoms with Crippen molar-refractivity contribution < 1.29 is 0 Å². The monoisotopic (exact) mass is 108 g/mol. The van der Waals surface area contributed by atoms with E-state index in [1.807, 2.05) is 0 Å². The molecule has 0 amide bonds. The molecule has 2 rings (SSSR count). The van der Waals surface area contributed by atoms with Crippen molar-refractivity contribution in [1.82, 2.24) is 0 Å². The molecule has 0 spiro atoms. The van der Waals surface area contributed by atoms with Gasteiger partial charge < -0.3 is 0 Å². The Hall–Kier alpha value is -0.260. The van der Waals surface area contributed by atoms with Crippen LogP contribution in [0.5, 0.6) is 0 Å². The Balaban J connectivity index is 2.23. The Morgan fingerprint density at radius 2 is 2.25 bits per heavy atom. The number of hydrogen-bond donors (Lipinski definition) is 0. The summed E-state index contributed by atoms with van der Waals surface area (Å²) in [6, 6.07) is 0. The van der Waals surface area contributed by atoms with Crippen LogP contribution in [0.25, 0.3) is 0 Å². The van der Waals surface area contributed by atoms with E-state index in [9.17, 15) is 0 Å². The van der Waals surface area contributed by atoms with Crippen LogP contribution in [-0.4, -0.2) is 0 Å². The fourth-order valence-electron chi connectivity index (χ4n) is 1.77. The van der Waals surface area contributed by atoms with Crippen LogP contribution in [0.3, 0.4) is 0 Å². The van der Waals surface area contributed by atoms with E-state index in [1.165, 1.54) is 6.42 Å². The summed E-state index contributed by atoms with van der Waals surface area (Å²) in [5, 5.41) is 0. The van der Waals surface area contributed by atoms with Gasteiger partial charge in [0.15, 0.2) is 0 Å². The Morgan fingerprint density at radius 1 is 1.50 bits per heavy atom. The van der Waals surface area contributed by atoms with Gasteiger partial charge in [0, 0.05) is 0 Å². The Labute approximate surface area is 50.6 Å². The van der Waals surface area contributed by atoms with Gasteiger partial charge in [0.25, 0.3) is 0 Å². The first kappa shape index (κ1) is 4.60. The molecule has 0 radical (unpaired) electrons. The molecule has 0 nitrogen and oxygen atoms in total. The molecule has 3 atom stereocenters. The molecule has 0 aliphatic heterocycles. The van der Waals surface area contributed by atoms with E-state index in [4.69, 9.17) is 0 Å². The van der Waals surface area contributed by atoms with Gasteiger partial charge in [0.2, 0.25) is 0 Å². The quantitative estimate of drug-likeness (QED) is 0.417. The Kier molecular flexibility index (Phi) is 0.677. The van der Waals surface area contributed by atoms with Crippen LogP contribution in [0.1, 0.15) is 20.3 Å². The van der Waals surface area contributed by atoms with Crippen molar-refractivity contribution in [1.29, 1.82) is 0 Å². The Morgan fingerprint density at radius 3 is 2.50 bits per heavy atom. The maximum Gasteiger partial charge on any atom is -0.0134 e. The zero-order valence-corrected chi connectivity index (χ0v) is 5.52. The van der Waals surface area contributed by atoms with Gasteiger partial charge >= 0.3 is 0 Å². The minimum atomic E-state index is 0.878. The van der Waals surface area contributed by atoms with Gasteiger partial charge in [0.1, 0.15) is 0 Å². The predicted octanol–water partition coefficient (Wildman–Crippen LogP) is 2.22. The third-order valence-electron chi connectivity index (χ3n) is 2.71. The van der Waals surface area contributed by atoms with Crippen molar-refractivity contribution >= 4 is 0 Å². The molecule has 2 aliphatic carbocycles. The fourth-order valence-corrected chi connectivity index (χ4v) is 1.77. The highest BCUT2D eigenvalue weighted by Crippen LogP contribution is 2.52. The number of fused-ring (bicyclic) bond motifs is 1. The van der Waals surface area contributed by atoms with Crippen LogP contribution in [0.15, 0.2) is 11.6 Å². The molecule has 0 aromatic rings. The maximum atomic E-state index is 2.45. The minimum absolute atomic E-state index is 0.878. The van der Waals surface area contributed by atoms with Gasteiger partial charge in [-0.1, -0.05) is 25.5 Å². The fraction of sp³-hybridized carbons (Fsp3) is 0.750. The van der Waals surface area contributed by atoms with E-state index in [2.05, 4.69) is 19.9 Å². The lowest BCUT2D eigenvalue weighted by molar-refractivity contribution is 0.437. The van der Waals surface area contributed by atoms with Crippen molar-refractivity contribution in [2.75, 3.05) is 0 Å². The summed E-state index contributed by atoms with van der Waals surface area (Å²) in [6.07, 6.45) is 3.88. The van der Waals surface area contributed by atoms with E-state index in [0.29, 0.717) is 0 Å². The highest BCUT2D eigenvalue weighted by atomic mass is 14.5. The van der Waals surface area contributed by atoms with Crippen LogP contribution in [0.2, 0.25) is 0 Å². The molecule has 0 aromatic heterocycles. The van der Waals surface area contributed by atoms with E-state index < -0.39 is 0 Å². The van der Waals surface area contributed by atoms with E-state index >= 15 is 0 Å². The van der Waals surface area contributed by atoms with Crippen LogP contribution in [-0.2, 0) is 0 Å². The van der Waals surface area contributed by atoms with E-state index in [0.717, 1.165) is 17.8 Å². The summed E-state index contributed by atoms with van der Waals surface area (Å²) in [5.41, 5.74) is 1.74. The van der Waals surface area contributed by atoms with Crippen molar-refractivity contribution in [2.45, 2.75) is 20.3 Å². The largest absolute Gasteiger partial charge is 0.0819 e. The first-order valence-corrected chi connectivity index (χ1v) is 3.49. The summed E-state index contributed by atoms with van der Waals surface area (Å²) in [5.74, 6) is 2.86. The molecule has 1 fully saturated rings. The Bertz CT molecular complexity index is 144. The second-order valence-electron chi connectivity index (χ2n) is 3.27. The average molecular weight is 108 g/mol. The lowest BCUT2D eigenvalue weighted by Crippen LogP contribution is -2.02. The van der Waals surface area contributed by atoms with Crippen LogP contribution in [0.4, 0.5) is 0 Å². The van der Waals surface area contributed by atoms with Gasteiger partial charge in [-0.15, -0.1) is 0 Å². The highest BCUT2D eigenvalue weighted by Gasteiger charge is 2.41. The zero-order valence-electron chi connectivity index (χ0n) is 5.52. The standard InChI is InChI=1S/C8H12/c1-5-3-7-4-8(7)6(5)2/h3,5-6,8H,4H2,1-2H3. The minimum Gasteiger partial charge on any atom is -0.0819 e. The molecule has 0 N–H and O–H groups in total. The third kappa shape index (κ3) is 0.410. The molecule has 1 saturated carbocycles. The molecule has 0 bridgehead atoms. The van der Waals surface area contributed by atoms with E-state index in [1.54, 1.807) is 5.57 Å². The lowest BCUT2D eigenvalue weighted by Gasteiger charge is -2.09. The van der Waals surface area contributed by atoms with Crippen molar-refractivity contribution in [3.8, 4) is 0 Å². The van der Waals surface area contributed by atoms with Gasteiger partial charge in [0.05, 0.1) is 0 Å².